The summed E-state index contributed by atoms with van der Waals surface area (Å²) in [5.41, 5.74) is 7.19. The molecule has 0 radical (unpaired) electrons. The summed E-state index contributed by atoms with van der Waals surface area (Å²) in [5.74, 6) is 1.22. The molecule has 2 heterocycles. The van der Waals surface area contributed by atoms with Crippen molar-refractivity contribution in [3.8, 4) is 0 Å². The number of anilines is 1. The molecular formula is C16H23N3OS. The lowest BCUT2D eigenvalue weighted by Crippen LogP contribution is -2.53. The number of aromatic nitrogens is 1. The number of aliphatic hydroxyl groups is 1. The maximum Gasteiger partial charge on any atom is 0.139 e. The number of piperidine rings is 1. The van der Waals surface area contributed by atoms with Crippen molar-refractivity contribution >= 4 is 23.0 Å². The molecule has 1 aliphatic heterocycles. The van der Waals surface area contributed by atoms with E-state index in [4.69, 9.17) is 18.0 Å². The van der Waals surface area contributed by atoms with Gasteiger partial charge in [0.1, 0.15) is 10.8 Å². The van der Waals surface area contributed by atoms with Crippen molar-refractivity contribution < 1.29 is 5.11 Å². The van der Waals surface area contributed by atoms with Crippen LogP contribution in [0.2, 0.25) is 0 Å². The Labute approximate surface area is 131 Å². The van der Waals surface area contributed by atoms with E-state index in [1.807, 2.05) is 19.1 Å². The molecule has 0 aromatic carbocycles. The van der Waals surface area contributed by atoms with Crippen molar-refractivity contribution in [2.24, 2.45) is 11.7 Å². The molecule has 3 N–H and O–H groups in total. The van der Waals surface area contributed by atoms with Gasteiger partial charge in [0.2, 0.25) is 0 Å². The summed E-state index contributed by atoms with van der Waals surface area (Å²) in [6, 6.07) is 3.90. The molecule has 0 bridgehead atoms. The minimum Gasteiger partial charge on any atom is -0.389 e. The molecule has 2 unspecified atom stereocenters. The summed E-state index contributed by atoms with van der Waals surface area (Å²) in [6.07, 6.45) is 5.21. The average Bonchev–Trinajstić information content (AvgIpc) is 2.45. The second-order valence-electron chi connectivity index (χ2n) is 6.43. The minimum atomic E-state index is -0.470. The van der Waals surface area contributed by atoms with E-state index in [9.17, 15) is 5.11 Å². The van der Waals surface area contributed by atoms with Gasteiger partial charge in [-0.1, -0.05) is 25.1 Å². The van der Waals surface area contributed by atoms with Crippen LogP contribution in [0.3, 0.4) is 0 Å². The van der Waals surface area contributed by atoms with Gasteiger partial charge in [-0.2, -0.15) is 0 Å². The van der Waals surface area contributed by atoms with E-state index >= 15 is 0 Å². The third-order valence-corrected chi connectivity index (χ3v) is 5.23. The SMILES string of the molecule is Cc1ccc(C(N)=S)c(N2CCC3(O)CCCCC3C2)n1. The highest BCUT2D eigenvalue weighted by atomic mass is 32.1. The molecule has 1 aliphatic carbocycles. The smallest absolute Gasteiger partial charge is 0.139 e. The fourth-order valence-electron chi connectivity index (χ4n) is 3.74. The number of nitrogens with zero attached hydrogens (tertiary/aromatic N) is 2. The van der Waals surface area contributed by atoms with E-state index in [2.05, 4.69) is 9.88 Å². The molecule has 0 amide bonds. The van der Waals surface area contributed by atoms with Crippen LogP contribution in [0, 0.1) is 12.8 Å². The van der Waals surface area contributed by atoms with E-state index in [-0.39, 0.29) is 0 Å². The van der Waals surface area contributed by atoms with Gasteiger partial charge in [-0.3, -0.25) is 0 Å². The number of hydrogen-bond donors (Lipinski definition) is 2. The summed E-state index contributed by atoms with van der Waals surface area (Å²) in [7, 11) is 0. The number of pyridine rings is 1. The number of fused-ring (bicyclic) bond motifs is 1. The van der Waals surface area contributed by atoms with E-state index < -0.39 is 5.60 Å². The first-order chi connectivity index (χ1) is 9.99. The Balaban J connectivity index is 1.88. The predicted molar refractivity (Wildman–Crippen MR) is 88.6 cm³/mol. The van der Waals surface area contributed by atoms with Crippen LogP contribution in [0.15, 0.2) is 12.1 Å². The second-order valence-corrected chi connectivity index (χ2v) is 6.87. The lowest BCUT2D eigenvalue weighted by atomic mass is 9.71. The Hall–Kier alpha value is -1.20. The normalized spacial score (nSPS) is 29.0. The fraction of sp³-hybridized carbons (Fsp3) is 0.625. The van der Waals surface area contributed by atoms with Gasteiger partial charge in [-0.15, -0.1) is 0 Å². The standard InChI is InChI=1S/C16H23N3OS/c1-11-5-6-13(14(17)21)15(18-11)19-9-8-16(20)7-3-2-4-12(16)10-19/h5-6,12,20H,2-4,7-10H2,1H3,(H2,17,21). The van der Waals surface area contributed by atoms with Gasteiger partial charge in [0.15, 0.2) is 0 Å². The molecule has 1 saturated heterocycles. The zero-order valence-electron chi connectivity index (χ0n) is 12.5. The van der Waals surface area contributed by atoms with Gasteiger partial charge in [0.25, 0.3) is 0 Å². The van der Waals surface area contributed by atoms with Crippen molar-refractivity contribution in [1.82, 2.24) is 4.98 Å². The average molecular weight is 305 g/mol. The minimum absolute atomic E-state index is 0.335. The number of hydrogen-bond acceptors (Lipinski definition) is 4. The van der Waals surface area contributed by atoms with Crippen molar-refractivity contribution in [3.05, 3.63) is 23.4 Å². The number of aryl methyl sites for hydroxylation is 1. The molecule has 1 aromatic rings. The number of thiocarbonyl (C=S) groups is 1. The van der Waals surface area contributed by atoms with Crippen LogP contribution in [-0.2, 0) is 0 Å². The Kier molecular flexibility index (Phi) is 3.88. The third-order valence-electron chi connectivity index (χ3n) is 5.01. The van der Waals surface area contributed by atoms with E-state index in [0.29, 0.717) is 10.9 Å². The van der Waals surface area contributed by atoms with Crippen LogP contribution >= 0.6 is 12.2 Å². The Bertz CT molecular complexity index is 562. The van der Waals surface area contributed by atoms with Gasteiger partial charge in [0.05, 0.1) is 11.2 Å². The molecule has 114 valence electrons. The molecule has 1 aromatic heterocycles. The zero-order chi connectivity index (χ0) is 15.0. The number of nitrogens with two attached hydrogens (primary N) is 1. The number of rotatable bonds is 2. The van der Waals surface area contributed by atoms with E-state index in [1.165, 1.54) is 6.42 Å². The van der Waals surface area contributed by atoms with Crippen LogP contribution in [0.1, 0.15) is 43.4 Å². The largest absolute Gasteiger partial charge is 0.389 e. The van der Waals surface area contributed by atoms with Gasteiger partial charge in [-0.25, -0.2) is 4.98 Å². The second kappa shape index (κ2) is 5.54. The molecular weight excluding hydrogens is 282 g/mol. The first-order valence-corrected chi connectivity index (χ1v) is 8.15. The first kappa shape index (κ1) is 14.7. The maximum atomic E-state index is 10.8. The summed E-state index contributed by atoms with van der Waals surface area (Å²) >= 11 is 5.16. The van der Waals surface area contributed by atoms with Crippen LogP contribution < -0.4 is 10.6 Å². The summed E-state index contributed by atoms with van der Waals surface area (Å²) < 4.78 is 0. The maximum absolute atomic E-state index is 10.8. The molecule has 3 rings (SSSR count). The van der Waals surface area contributed by atoms with Crippen LogP contribution in [0.25, 0.3) is 0 Å². The van der Waals surface area contributed by atoms with Gasteiger partial charge in [0, 0.05) is 24.7 Å². The van der Waals surface area contributed by atoms with Crippen molar-refractivity contribution in [3.63, 3.8) is 0 Å². The Morgan fingerprint density at radius 2 is 2.24 bits per heavy atom. The monoisotopic (exact) mass is 305 g/mol. The third kappa shape index (κ3) is 2.77. The van der Waals surface area contributed by atoms with Gasteiger partial charge < -0.3 is 15.7 Å². The van der Waals surface area contributed by atoms with Crippen LogP contribution in [0.5, 0.6) is 0 Å². The summed E-state index contributed by atoms with van der Waals surface area (Å²) in [4.78, 5) is 7.30. The quantitative estimate of drug-likeness (QED) is 0.820. The van der Waals surface area contributed by atoms with Crippen LogP contribution in [-0.4, -0.2) is 33.8 Å². The molecule has 2 fully saturated rings. The highest BCUT2D eigenvalue weighted by Gasteiger charge is 2.43. The van der Waals surface area contributed by atoms with Crippen LogP contribution in [0.4, 0.5) is 5.82 Å². The highest BCUT2D eigenvalue weighted by molar-refractivity contribution is 7.80. The molecule has 2 aliphatic rings. The van der Waals surface area contributed by atoms with E-state index in [1.54, 1.807) is 0 Å². The Morgan fingerprint density at radius 1 is 1.43 bits per heavy atom. The zero-order valence-corrected chi connectivity index (χ0v) is 13.3. The molecule has 1 saturated carbocycles. The Morgan fingerprint density at radius 3 is 3.00 bits per heavy atom. The summed E-state index contributed by atoms with van der Waals surface area (Å²) in [5, 5.41) is 10.8. The summed E-state index contributed by atoms with van der Waals surface area (Å²) in [6.45, 7) is 3.65. The molecule has 2 atom stereocenters. The van der Waals surface area contributed by atoms with Gasteiger partial charge >= 0.3 is 0 Å². The first-order valence-electron chi connectivity index (χ1n) is 7.74. The lowest BCUT2D eigenvalue weighted by Gasteiger charge is -2.48. The highest BCUT2D eigenvalue weighted by Crippen LogP contribution is 2.41. The van der Waals surface area contributed by atoms with Gasteiger partial charge in [-0.05, 0) is 38.3 Å². The topological polar surface area (TPSA) is 62.4 Å². The molecule has 4 nitrogen and oxygen atoms in total. The van der Waals surface area contributed by atoms with Crippen molar-refractivity contribution in [2.45, 2.75) is 44.6 Å². The van der Waals surface area contributed by atoms with Crippen molar-refractivity contribution in [2.75, 3.05) is 18.0 Å². The lowest BCUT2D eigenvalue weighted by molar-refractivity contribution is -0.0613. The predicted octanol–water partition coefficient (Wildman–Crippen LogP) is 2.16. The molecule has 21 heavy (non-hydrogen) atoms. The molecule has 0 spiro atoms. The van der Waals surface area contributed by atoms with Crippen molar-refractivity contribution in [1.29, 1.82) is 0 Å². The van der Waals surface area contributed by atoms with E-state index in [0.717, 1.165) is 55.8 Å². The molecule has 5 heteroatoms. The fourth-order valence-corrected chi connectivity index (χ4v) is 3.90.